The lowest BCUT2D eigenvalue weighted by molar-refractivity contribution is -0.119. The highest BCUT2D eigenvalue weighted by Gasteiger charge is 2.14. The van der Waals surface area contributed by atoms with Crippen LogP contribution in [0, 0.1) is 0 Å². The highest BCUT2D eigenvalue weighted by Crippen LogP contribution is 2.33. The predicted octanol–water partition coefficient (Wildman–Crippen LogP) is 4.67. The molecule has 1 fully saturated rings. The minimum atomic E-state index is -0.0540. The molecule has 1 saturated heterocycles. The van der Waals surface area contributed by atoms with Crippen molar-refractivity contribution in [1.29, 1.82) is 0 Å². The van der Waals surface area contributed by atoms with Gasteiger partial charge >= 0.3 is 0 Å². The van der Waals surface area contributed by atoms with E-state index < -0.39 is 0 Å². The second kappa shape index (κ2) is 8.91. The van der Waals surface area contributed by atoms with E-state index in [-0.39, 0.29) is 11.9 Å². The molecule has 3 rings (SSSR count). The number of carbonyl (C=O) groups is 1. The largest absolute Gasteiger partial charge is 0.437 e. The van der Waals surface area contributed by atoms with E-state index in [2.05, 4.69) is 15.2 Å². The lowest BCUT2D eigenvalue weighted by Gasteiger charge is -2.18. The van der Waals surface area contributed by atoms with Crippen LogP contribution in [0.25, 0.3) is 6.08 Å². The fourth-order valence-corrected chi connectivity index (χ4v) is 3.25. The van der Waals surface area contributed by atoms with Crippen LogP contribution in [-0.2, 0) is 4.79 Å². The molecule has 1 aromatic heterocycles. The SMILES string of the molecule is CC(=O)N[C@@H](C)/C=C/c1ccc(Oc2ccc(N3CCCC3)cc2Cl)nc1. The Morgan fingerprint density at radius 1 is 1.30 bits per heavy atom. The number of benzene rings is 1. The topological polar surface area (TPSA) is 54.5 Å². The Morgan fingerprint density at radius 3 is 2.70 bits per heavy atom. The zero-order chi connectivity index (χ0) is 19.2. The first-order valence-corrected chi connectivity index (χ1v) is 9.53. The number of nitrogens with zero attached hydrogens (tertiary/aromatic N) is 2. The van der Waals surface area contributed by atoms with E-state index in [9.17, 15) is 4.79 Å². The Hall–Kier alpha value is -2.53. The van der Waals surface area contributed by atoms with Crippen molar-refractivity contribution in [2.24, 2.45) is 0 Å². The Bertz CT molecular complexity index is 815. The molecule has 0 spiro atoms. The van der Waals surface area contributed by atoms with Crippen LogP contribution in [0.15, 0.2) is 42.6 Å². The molecule has 5 nitrogen and oxygen atoms in total. The summed E-state index contributed by atoms with van der Waals surface area (Å²) in [6.07, 6.45) is 8.00. The summed E-state index contributed by atoms with van der Waals surface area (Å²) in [5, 5.41) is 3.38. The van der Waals surface area contributed by atoms with Crippen LogP contribution in [0.1, 0.15) is 32.3 Å². The molecule has 0 aliphatic carbocycles. The first-order valence-electron chi connectivity index (χ1n) is 9.15. The zero-order valence-electron chi connectivity index (χ0n) is 15.6. The molecule has 1 aliphatic heterocycles. The first kappa shape index (κ1) is 19.2. The summed E-state index contributed by atoms with van der Waals surface area (Å²) in [7, 11) is 0. The number of ether oxygens (including phenoxy) is 1. The standard InChI is InChI=1S/C21H24ClN3O2/c1-15(24-16(2)26)5-6-17-7-10-21(23-14-17)27-20-9-8-18(13-19(20)22)25-11-3-4-12-25/h5-10,13-15H,3-4,11-12H2,1-2H3,(H,24,26)/b6-5+/t15-/m0/s1. The highest BCUT2D eigenvalue weighted by atomic mass is 35.5. The van der Waals surface area contributed by atoms with Crippen LogP contribution in [0.3, 0.4) is 0 Å². The summed E-state index contributed by atoms with van der Waals surface area (Å²) < 4.78 is 5.82. The normalized spacial score (nSPS) is 15.1. The van der Waals surface area contributed by atoms with Gasteiger partial charge in [-0.1, -0.05) is 23.8 Å². The summed E-state index contributed by atoms with van der Waals surface area (Å²) in [5.74, 6) is 1.02. The average Bonchev–Trinajstić information content (AvgIpc) is 3.17. The van der Waals surface area contributed by atoms with Crippen LogP contribution in [-0.4, -0.2) is 30.0 Å². The number of carbonyl (C=O) groups excluding carboxylic acids is 1. The molecule has 142 valence electrons. The van der Waals surface area contributed by atoms with Crippen LogP contribution in [0.4, 0.5) is 5.69 Å². The molecule has 1 aromatic carbocycles. The smallest absolute Gasteiger partial charge is 0.219 e. The maximum atomic E-state index is 11.0. The van der Waals surface area contributed by atoms with E-state index in [1.165, 1.54) is 19.8 Å². The maximum Gasteiger partial charge on any atom is 0.219 e. The minimum absolute atomic E-state index is 0.0358. The van der Waals surface area contributed by atoms with Crippen molar-refractivity contribution in [3.05, 3.63) is 53.2 Å². The number of halogens is 1. The monoisotopic (exact) mass is 385 g/mol. The van der Waals surface area contributed by atoms with Crippen molar-refractivity contribution in [2.75, 3.05) is 18.0 Å². The van der Waals surface area contributed by atoms with E-state index in [1.54, 1.807) is 12.3 Å². The fraction of sp³-hybridized carbons (Fsp3) is 0.333. The van der Waals surface area contributed by atoms with Crippen molar-refractivity contribution < 1.29 is 9.53 Å². The quantitative estimate of drug-likeness (QED) is 0.785. The van der Waals surface area contributed by atoms with E-state index in [1.807, 2.05) is 43.3 Å². The number of anilines is 1. The molecular weight excluding hydrogens is 362 g/mol. The van der Waals surface area contributed by atoms with Crippen molar-refractivity contribution in [3.63, 3.8) is 0 Å². The van der Waals surface area contributed by atoms with Crippen molar-refractivity contribution in [1.82, 2.24) is 10.3 Å². The maximum absolute atomic E-state index is 11.0. The second-order valence-corrected chi connectivity index (χ2v) is 7.10. The molecule has 1 atom stereocenters. The Labute approximate surface area is 165 Å². The molecule has 0 saturated carbocycles. The van der Waals surface area contributed by atoms with Gasteiger partial charge in [-0.2, -0.15) is 0 Å². The van der Waals surface area contributed by atoms with Gasteiger partial charge in [0.25, 0.3) is 0 Å². The molecule has 0 radical (unpaired) electrons. The Balaban J connectivity index is 1.62. The lowest BCUT2D eigenvalue weighted by Crippen LogP contribution is -2.28. The molecule has 2 heterocycles. The van der Waals surface area contributed by atoms with Gasteiger partial charge in [-0.05, 0) is 49.6 Å². The fourth-order valence-electron chi connectivity index (χ4n) is 3.03. The third-order valence-corrected chi connectivity index (χ3v) is 4.66. The zero-order valence-corrected chi connectivity index (χ0v) is 16.4. The molecule has 1 amide bonds. The molecule has 1 N–H and O–H groups in total. The number of pyridine rings is 1. The summed E-state index contributed by atoms with van der Waals surface area (Å²) in [4.78, 5) is 17.7. The predicted molar refractivity (Wildman–Crippen MR) is 110 cm³/mol. The van der Waals surface area contributed by atoms with Crippen molar-refractivity contribution >= 4 is 29.3 Å². The Morgan fingerprint density at radius 2 is 2.07 bits per heavy atom. The summed E-state index contributed by atoms with van der Waals surface area (Å²) in [6.45, 7) is 5.57. The van der Waals surface area contributed by atoms with Crippen LogP contribution >= 0.6 is 11.6 Å². The van der Waals surface area contributed by atoms with Gasteiger partial charge < -0.3 is 15.0 Å². The van der Waals surface area contributed by atoms with Crippen LogP contribution in [0.5, 0.6) is 11.6 Å². The van der Waals surface area contributed by atoms with E-state index in [0.29, 0.717) is 16.7 Å². The van der Waals surface area contributed by atoms with Gasteiger partial charge in [0.2, 0.25) is 11.8 Å². The molecule has 0 bridgehead atoms. The number of rotatable bonds is 6. The van der Waals surface area contributed by atoms with Gasteiger partial charge in [-0.15, -0.1) is 0 Å². The minimum Gasteiger partial charge on any atom is -0.437 e. The number of amides is 1. The molecule has 1 aliphatic rings. The van der Waals surface area contributed by atoms with E-state index >= 15 is 0 Å². The average molecular weight is 386 g/mol. The molecule has 2 aromatic rings. The van der Waals surface area contributed by atoms with Gasteiger partial charge in [-0.25, -0.2) is 4.98 Å². The van der Waals surface area contributed by atoms with Gasteiger partial charge in [0.1, 0.15) is 5.75 Å². The number of nitrogens with one attached hydrogen (secondary N) is 1. The number of hydrogen-bond acceptors (Lipinski definition) is 4. The van der Waals surface area contributed by atoms with Gasteiger partial charge in [0.15, 0.2) is 0 Å². The van der Waals surface area contributed by atoms with E-state index in [4.69, 9.17) is 16.3 Å². The number of hydrogen-bond donors (Lipinski definition) is 1. The van der Waals surface area contributed by atoms with E-state index in [0.717, 1.165) is 24.3 Å². The van der Waals surface area contributed by atoms with Gasteiger partial charge in [-0.3, -0.25) is 4.79 Å². The number of aromatic nitrogens is 1. The third kappa shape index (κ3) is 5.47. The molecule has 0 unspecified atom stereocenters. The Kier molecular flexibility index (Phi) is 6.35. The van der Waals surface area contributed by atoms with Crippen LogP contribution in [0.2, 0.25) is 5.02 Å². The lowest BCUT2D eigenvalue weighted by atomic mass is 10.2. The van der Waals surface area contributed by atoms with Crippen molar-refractivity contribution in [2.45, 2.75) is 32.7 Å². The van der Waals surface area contributed by atoms with Gasteiger partial charge in [0.05, 0.1) is 5.02 Å². The van der Waals surface area contributed by atoms with Gasteiger partial charge in [0, 0.05) is 44.0 Å². The van der Waals surface area contributed by atoms with Crippen molar-refractivity contribution in [3.8, 4) is 11.6 Å². The first-order chi connectivity index (χ1) is 13.0. The second-order valence-electron chi connectivity index (χ2n) is 6.69. The summed E-state index contributed by atoms with van der Waals surface area (Å²) in [6, 6.07) is 9.54. The molecular formula is C21H24ClN3O2. The van der Waals surface area contributed by atoms with Crippen LogP contribution < -0.4 is 15.0 Å². The molecule has 27 heavy (non-hydrogen) atoms. The summed E-state index contributed by atoms with van der Waals surface area (Å²) in [5.41, 5.74) is 2.06. The molecule has 6 heteroatoms. The highest BCUT2D eigenvalue weighted by molar-refractivity contribution is 6.32. The summed E-state index contributed by atoms with van der Waals surface area (Å²) >= 11 is 6.39. The third-order valence-electron chi connectivity index (χ3n) is 4.37.